The SMILES string of the molecule is CCCCOc1ccc(/C=C(\C#N)C(=O)Nc2cccc(I)c2)cc1. The quantitative estimate of drug-likeness (QED) is 0.281. The van der Waals surface area contributed by atoms with Crippen LogP contribution in [0, 0.1) is 14.9 Å². The molecule has 5 heteroatoms. The zero-order valence-electron chi connectivity index (χ0n) is 14.0. The molecule has 0 aromatic heterocycles. The van der Waals surface area contributed by atoms with Crippen LogP contribution in [0.1, 0.15) is 25.3 Å². The molecule has 0 bridgehead atoms. The number of ether oxygens (including phenoxy) is 1. The molecule has 0 radical (unpaired) electrons. The van der Waals surface area contributed by atoms with Crippen LogP contribution in [0.15, 0.2) is 54.1 Å². The predicted molar refractivity (Wildman–Crippen MR) is 108 cm³/mol. The molecular formula is C20H19IN2O2. The van der Waals surface area contributed by atoms with Crippen LogP contribution in [0.5, 0.6) is 5.75 Å². The Kier molecular flexibility index (Phi) is 7.48. The molecule has 1 N–H and O–H groups in total. The zero-order chi connectivity index (χ0) is 18.1. The number of halogens is 1. The average Bonchev–Trinajstić information content (AvgIpc) is 2.61. The molecule has 4 nitrogen and oxygen atoms in total. The van der Waals surface area contributed by atoms with Crippen LogP contribution in [-0.4, -0.2) is 12.5 Å². The Hall–Kier alpha value is -2.33. The summed E-state index contributed by atoms with van der Waals surface area (Å²) in [6.45, 7) is 2.80. The molecule has 0 spiro atoms. The zero-order valence-corrected chi connectivity index (χ0v) is 16.1. The highest BCUT2D eigenvalue weighted by Crippen LogP contribution is 2.17. The number of hydrogen-bond donors (Lipinski definition) is 1. The number of unbranched alkanes of at least 4 members (excludes halogenated alkanes) is 1. The number of nitrogens with zero attached hydrogens (tertiary/aromatic N) is 1. The van der Waals surface area contributed by atoms with Crippen LogP contribution < -0.4 is 10.1 Å². The van der Waals surface area contributed by atoms with E-state index in [9.17, 15) is 10.1 Å². The second-order valence-electron chi connectivity index (χ2n) is 5.41. The van der Waals surface area contributed by atoms with E-state index in [0.717, 1.165) is 27.7 Å². The van der Waals surface area contributed by atoms with Crippen LogP contribution >= 0.6 is 22.6 Å². The Morgan fingerprint density at radius 3 is 2.68 bits per heavy atom. The van der Waals surface area contributed by atoms with E-state index in [0.29, 0.717) is 12.3 Å². The molecule has 2 rings (SSSR count). The molecule has 25 heavy (non-hydrogen) atoms. The first-order chi connectivity index (χ1) is 12.1. The number of benzene rings is 2. The number of rotatable bonds is 7. The summed E-state index contributed by atoms with van der Waals surface area (Å²) in [6.07, 6.45) is 3.67. The van der Waals surface area contributed by atoms with Gasteiger partial charge in [-0.25, -0.2) is 0 Å². The van der Waals surface area contributed by atoms with E-state index in [-0.39, 0.29) is 5.57 Å². The van der Waals surface area contributed by atoms with Gasteiger partial charge in [-0.3, -0.25) is 4.79 Å². The third-order valence-corrected chi connectivity index (χ3v) is 4.08. The van der Waals surface area contributed by atoms with E-state index in [1.165, 1.54) is 0 Å². The van der Waals surface area contributed by atoms with Gasteiger partial charge in [-0.1, -0.05) is 31.5 Å². The molecule has 0 saturated heterocycles. The maximum atomic E-state index is 12.3. The Balaban J connectivity index is 2.06. The number of nitrogens with one attached hydrogen (secondary N) is 1. The summed E-state index contributed by atoms with van der Waals surface area (Å²) in [5.41, 5.74) is 1.49. The van der Waals surface area contributed by atoms with E-state index in [1.807, 2.05) is 48.5 Å². The molecule has 0 atom stereocenters. The van der Waals surface area contributed by atoms with Crippen LogP contribution in [0.4, 0.5) is 5.69 Å². The van der Waals surface area contributed by atoms with E-state index in [1.54, 1.807) is 12.1 Å². The second kappa shape index (κ2) is 9.84. The first kappa shape index (κ1) is 19.0. The van der Waals surface area contributed by atoms with Crippen molar-refractivity contribution in [1.29, 1.82) is 5.26 Å². The van der Waals surface area contributed by atoms with Crippen LogP contribution in [0.3, 0.4) is 0 Å². The molecule has 0 aliphatic rings. The fourth-order valence-corrected chi connectivity index (χ4v) is 2.62. The van der Waals surface area contributed by atoms with Gasteiger partial charge in [-0.2, -0.15) is 5.26 Å². The first-order valence-electron chi connectivity index (χ1n) is 8.04. The maximum Gasteiger partial charge on any atom is 0.266 e. The van der Waals surface area contributed by atoms with E-state index in [2.05, 4.69) is 34.8 Å². The van der Waals surface area contributed by atoms with Gasteiger partial charge in [0.05, 0.1) is 6.61 Å². The van der Waals surface area contributed by atoms with Crippen molar-refractivity contribution in [2.24, 2.45) is 0 Å². The van der Waals surface area contributed by atoms with E-state index < -0.39 is 5.91 Å². The summed E-state index contributed by atoms with van der Waals surface area (Å²) in [4.78, 5) is 12.3. The Morgan fingerprint density at radius 1 is 1.28 bits per heavy atom. The minimum absolute atomic E-state index is 0.0542. The number of nitriles is 1. The molecule has 0 unspecified atom stereocenters. The van der Waals surface area contributed by atoms with Crippen LogP contribution in [-0.2, 0) is 4.79 Å². The summed E-state index contributed by atoms with van der Waals surface area (Å²) in [7, 11) is 0. The van der Waals surface area contributed by atoms with Crippen molar-refractivity contribution in [2.75, 3.05) is 11.9 Å². The molecule has 0 saturated carbocycles. The normalized spacial score (nSPS) is 10.8. The topological polar surface area (TPSA) is 62.1 Å². The van der Waals surface area contributed by atoms with Gasteiger partial charge in [0.2, 0.25) is 0 Å². The lowest BCUT2D eigenvalue weighted by atomic mass is 10.1. The van der Waals surface area contributed by atoms with Crippen molar-refractivity contribution in [2.45, 2.75) is 19.8 Å². The molecule has 2 aromatic carbocycles. The van der Waals surface area contributed by atoms with Crippen molar-refractivity contribution in [3.05, 3.63) is 63.2 Å². The number of carbonyl (C=O) groups excluding carboxylic acids is 1. The highest BCUT2D eigenvalue weighted by molar-refractivity contribution is 14.1. The minimum Gasteiger partial charge on any atom is -0.494 e. The molecule has 0 heterocycles. The Morgan fingerprint density at radius 2 is 2.04 bits per heavy atom. The van der Waals surface area contributed by atoms with Crippen LogP contribution in [0.2, 0.25) is 0 Å². The second-order valence-corrected chi connectivity index (χ2v) is 6.65. The number of carbonyl (C=O) groups is 1. The summed E-state index contributed by atoms with van der Waals surface area (Å²) >= 11 is 2.17. The first-order valence-corrected chi connectivity index (χ1v) is 9.12. The lowest BCUT2D eigenvalue weighted by Crippen LogP contribution is -2.13. The Bertz CT molecular complexity index is 792. The monoisotopic (exact) mass is 446 g/mol. The van der Waals surface area contributed by atoms with E-state index >= 15 is 0 Å². The summed E-state index contributed by atoms with van der Waals surface area (Å²) in [5.74, 6) is 0.361. The van der Waals surface area contributed by atoms with Crippen molar-refractivity contribution >= 4 is 40.3 Å². The molecule has 2 aromatic rings. The molecule has 0 aliphatic carbocycles. The van der Waals surface area contributed by atoms with Gasteiger partial charge >= 0.3 is 0 Å². The minimum atomic E-state index is -0.423. The van der Waals surface area contributed by atoms with Crippen molar-refractivity contribution in [3.63, 3.8) is 0 Å². The molecular weight excluding hydrogens is 427 g/mol. The third kappa shape index (κ3) is 6.24. The largest absolute Gasteiger partial charge is 0.494 e. The average molecular weight is 446 g/mol. The number of amides is 1. The summed E-state index contributed by atoms with van der Waals surface area (Å²) < 4.78 is 6.62. The van der Waals surface area contributed by atoms with Gasteiger partial charge < -0.3 is 10.1 Å². The van der Waals surface area contributed by atoms with Crippen LogP contribution in [0.25, 0.3) is 6.08 Å². The van der Waals surface area contributed by atoms with Crippen molar-refractivity contribution in [3.8, 4) is 11.8 Å². The van der Waals surface area contributed by atoms with Gasteiger partial charge in [0.25, 0.3) is 5.91 Å². The lowest BCUT2D eigenvalue weighted by molar-refractivity contribution is -0.112. The fraction of sp³-hybridized carbons (Fsp3) is 0.200. The van der Waals surface area contributed by atoms with Gasteiger partial charge in [0, 0.05) is 9.26 Å². The number of anilines is 1. The predicted octanol–water partition coefficient (Wildman–Crippen LogP) is 5.02. The number of hydrogen-bond acceptors (Lipinski definition) is 3. The third-order valence-electron chi connectivity index (χ3n) is 3.41. The van der Waals surface area contributed by atoms with Gasteiger partial charge in [-0.05, 0) is 71.0 Å². The fourth-order valence-electron chi connectivity index (χ4n) is 2.07. The molecule has 128 valence electrons. The van der Waals surface area contributed by atoms with E-state index in [4.69, 9.17) is 4.74 Å². The van der Waals surface area contributed by atoms with Gasteiger partial charge in [-0.15, -0.1) is 0 Å². The summed E-state index contributed by atoms with van der Waals surface area (Å²) in [5, 5.41) is 12.0. The highest BCUT2D eigenvalue weighted by atomic mass is 127. The summed E-state index contributed by atoms with van der Waals surface area (Å²) in [6, 6.07) is 16.7. The molecule has 0 aliphatic heterocycles. The standard InChI is InChI=1S/C20H19IN2O2/c1-2-3-11-25-19-9-7-15(8-10-19)12-16(14-22)20(24)23-18-6-4-5-17(21)13-18/h4-10,12-13H,2-3,11H2,1H3,(H,23,24)/b16-12+. The van der Waals surface area contributed by atoms with Crippen molar-refractivity contribution < 1.29 is 9.53 Å². The Labute approximate surface area is 161 Å². The molecule has 0 fully saturated rings. The van der Waals surface area contributed by atoms with Crippen molar-refractivity contribution in [1.82, 2.24) is 0 Å². The molecule has 1 amide bonds. The highest BCUT2D eigenvalue weighted by Gasteiger charge is 2.09. The van der Waals surface area contributed by atoms with Gasteiger partial charge in [0.1, 0.15) is 17.4 Å². The smallest absolute Gasteiger partial charge is 0.266 e. The lowest BCUT2D eigenvalue weighted by Gasteiger charge is -2.06. The van der Waals surface area contributed by atoms with Gasteiger partial charge in [0.15, 0.2) is 0 Å². The maximum absolute atomic E-state index is 12.3.